The molecule has 18 heavy (non-hydrogen) atoms. The van der Waals surface area contributed by atoms with Crippen LogP contribution in [-0.2, 0) is 11.3 Å². The molecule has 94 valence electrons. The number of carbonyl (C=O) groups is 1. The van der Waals surface area contributed by atoms with E-state index in [1.165, 1.54) is 16.8 Å². The number of rotatable bonds is 1. The van der Waals surface area contributed by atoms with Crippen LogP contribution in [0.1, 0.15) is 11.1 Å². The van der Waals surface area contributed by atoms with E-state index in [1.54, 1.807) is 0 Å². The highest BCUT2D eigenvalue weighted by molar-refractivity contribution is 6.13. The van der Waals surface area contributed by atoms with Crippen molar-refractivity contribution in [3.8, 4) is 0 Å². The van der Waals surface area contributed by atoms with Crippen molar-refractivity contribution < 1.29 is 4.79 Å². The number of hydrogen-bond acceptors (Lipinski definition) is 4. The summed E-state index contributed by atoms with van der Waals surface area (Å²) in [5.41, 5.74) is 4.78. The maximum absolute atomic E-state index is 11.4. The monoisotopic (exact) mass is 244 g/mol. The van der Waals surface area contributed by atoms with Crippen molar-refractivity contribution in [2.24, 2.45) is 4.99 Å². The molecule has 1 aromatic rings. The summed E-state index contributed by atoms with van der Waals surface area (Å²) in [6.45, 7) is 3.16. The number of aliphatic imine (C=N–C) groups is 1. The average Bonchev–Trinajstić information content (AvgIpc) is 2.68. The smallest absolute Gasteiger partial charge is 0.268 e. The molecule has 0 saturated carbocycles. The summed E-state index contributed by atoms with van der Waals surface area (Å²) in [6.07, 6.45) is 0. The summed E-state index contributed by atoms with van der Waals surface area (Å²) in [4.78, 5) is 19.5. The van der Waals surface area contributed by atoms with Crippen molar-refractivity contribution >= 4 is 23.2 Å². The van der Waals surface area contributed by atoms with Gasteiger partial charge in [-0.1, -0.05) is 6.07 Å². The molecule has 5 heteroatoms. The number of anilines is 2. The number of carbonyl (C=O) groups excluding carboxylic acids is 1. The first-order valence-corrected chi connectivity index (χ1v) is 6.00. The van der Waals surface area contributed by atoms with Crippen LogP contribution in [-0.4, -0.2) is 32.5 Å². The summed E-state index contributed by atoms with van der Waals surface area (Å²) < 4.78 is 0. The number of nitrogens with zero attached hydrogens (tertiary/aromatic N) is 3. The van der Waals surface area contributed by atoms with Gasteiger partial charge in [-0.05, 0) is 18.6 Å². The van der Waals surface area contributed by atoms with E-state index in [4.69, 9.17) is 0 Å². The van der Waals surface area contributed by atoms with Crippen molar-refractivity contribution in [1.82, 2.24) is 5.32 Å². The van der Waals surface area contributed by atoms with Gasteiger partial charge in [0, 0.05) is 31.9 Å². The Hall–Kier alpha value is -2.04. The van der Waals surface area contributed by atoms with Gasteiger partial charge in [-0.2, -0.15) is 4.99 Å². The molecule has 0 unspecified atom stereocenters. The van der Waals surface area contributed by atoms with Gasteiger partial charge in [-0.25, -0.2) is 0 Å². The third-order valence-corrected chi connectivity index (χ3v) is 3.40. The molecule has 0 radical (unpaired) electrons. The molecule has 1 aromatic carbocycles. The lowest BCUT2D eigenvalue weighted by Crippen LogP contribution is -2.43. The molecule has 1 amide bonds. The van der Waals surface area contributed by atoms with Gasteiger partial charge >= 0.3 is 0 Å². The number of aryl methyl sites for hydroxylation is 1. The second-order valence-corrected chi connectivity index (χ2v) is 4.89. The van der Waals surface area contributed by atoms with Gasteiger partial charge in [0.2, 0.25) is 5.96 Å². The summed E-state index contributed by atoms with van der Waals surface area (Å²) in [7, 11) is 4.09. The minimum Gasteiger partial charge on any atom is -0.377 e. The highest BCUT2D eigenvalue weighted by Gasteiger charge is 2.31. The van der Waals surface area contributed by atoms with Crippen LogP contribution in [0.25, 0.3) is 0 Å². The van der Waals surface area contributed by atoms with E-state index in [0.29, 0.717) is 19.0 Å². The Bertz CT molecular complexity index is 562. The molecular weight excluding hydrogens is 228 g/mol. The molecule has 2 aliphatic rings. The van der Waals surface area contributed by atoms with Crippen molar-refractivity contribution in [3.63, 3.8) is 0 Å². The van der Waals surface area contributed by atoms with Gasteiger partial charge < -0.3 is 15.1 Å². The molecule has 0 spiro atoms. The number of amides is 1. The minimum atomic E-state index is -0.0858. The van der Waals surface area contributed by atoms with Gasteiger partial charge in [0.1, 0.15) is 6.54 Å². The quantitative estimate of drug-likeness (QED) is 0.796. The fraction of sp³-hybridized carbons (Fsp3) is 0.385. The zero-order chi connectivity index (χ0) is 12.9. The lowest BCUT2D eigenvalue weighted by Gasteiger charge is -2.32. The van der Waals surface area contributed by atoms with Gasteiger partial charge in [-0.15, -0.1) is 0 Å². The predicted octanol–water partition coefficient (Wildman–Crippen LogP) is 0.867. The maximum Gasteiger partial charge on any atom is 0.268 e. The number of guanidine groups is 1. The Balaban J connectivity index is 2.15. The maximum atomic E-state index is 11.4. The van der Waals surface area contributed by atoms with E-state index < -0.39 is 0 Å². The molecule has 0 fully saturated rings. The molecule has 0 atom stereocenters. The standard InChI is InChI=1S/C13H16N4O/c1-8-4-5-10-9(12(8)16(2)3)6-14-13-15-11(18)7-17(10)13/h4-5H,6-7H2,1-3H3,(H,14,15,18). The zero-order valence-electron chi connectivity index (χ0n) is 10.8. The number of hydrogen-bond donors (Lipinski definition) is 1. The third kappa shape index (κ3) is 1.47. The Morgan fingerprint density at radius 1 is 1.39 bits per heavy atom. The number of benzene rings is 1. The first-order valence-electron chi connectivity index (χ1n) is 6.00. The van der Waals surface area contributed by atoms with E-state index in [2.05, 4.69) is 34.3 Å². The van der Waals surface area contributed by atoms with Gasteiger partial charge in [0.25, 0.3) is 5.91 Å². The van der Waals surface area contributed by atoms with Crippen LogP contribution in [0.3, 0.4) is 0 Å². The molecule has 0 saturated heterocycles. The van der Waals surface area contributed by atoms with Crippen molar-refractivity contribution in [3.05, 3.63) is 23.3 Å². The molecule has 0 bridgehead atoms. The average molecular weight is 244 g/mol. The first kappa shape index (κ1) is 11.1. The first-order chi connectivity index (χ1) is 8.58. The van der Waals surface area contributed by atoms with Crippen LogP contribution >= 0.6 is 0 Å². The molecule has 3 rings (SSSR count). The number of nitrogens with one attached hydrogen (secondary N) is 1. The van der Waals surface area contributed by atoms with Crippen LogP contribution in [0.15, 0.2) is 17.1 Å². The van der Waals surface area contributed by atoms with E-state index >= 15 is 0 Å². The van der Waals surface area contributed by atoms with Crippen LogP contribution in [0.2, 0.25) is 0 Å². The molecule has 1 N–H and O–H groups in total. The third-order valence-electron chi connectivity index (χ3n) is 3.40. The van der Waals surface area contributed by atoms with Crippen molar-refractivity contribution in [2.75, 3.05) is 30.4 Å². The lowest BCUT2D eigenvalue weighted by molar-refractivity contribution is -0.115. The predicted molar refractivity (Wildman–Crippen MR) is 72.1 cm³/mol. The Kier molecular flexibility index (Phi) is 2.29. The lowest BCUT2D eigenvalue weighted by atomic mass is 10.0. The summed E-state index contributed by atoms with van der Waals surface area (Å²) >= 11 is 0. The second kappa shape index (κ2) is 3.73. The van der Waals surface area contributed by atoms with Gasteiger partial charge in [-0.3, -0.25) is 4.79 Å². The topological polar surface area (TPSA) is 47.9 Å². The Morgan fingerprint density at radius 2 is 2.17 bits per heavy atom. The van der Waals surface area contributed by atoms with E-state index in [0.717, 1.165) is 5.69 Å². The molecule has 2 heterocycles. The number of fused-ring (bicyclic) bond motifs is 3. The Morgan fingerprint density at radius 3 is 2.89 bits per heavy atom. The fourth-order valence-electron chi connectivity index (χ4n) is 2.72. The highest BCUT2D eigenvalue weighted by atomic mass is 16.2. The second-order valence-electron chi connectivity index (χ2n) is 4.89. The van der Waals surface area contributed by atoms with Gasteiger partial charge in [0.05, 0.1) is 5.69 Å². The van der Waals surface area contributed by atoms with Crippen molar-refractivity contribution in [1.29, 1.82) is 0 Å². The van der Waals surface area contributed by atoms with E-state index in [1.807, 2.05) is 19.0 Å². The molecular formula is C13H16N4O. The van der Waals surface area contributed by atoms with Gasteiger partial charge in [0.15, 0.2) is 0 Å². The minimum absolute atomic E-state index is 0.0858. The zero-order valence-corrected chi connectivity index (χ0v) is 10.8. The fourth-order valence-corrected chi connectivity index (χ4v) is 2.72. The van der Waals surface area contributed by atoms with Crippen LogP contribution in [0.5, 0.6) is 0 Å². The normalized spacial score (nSPS) is 16.9. The SMILES string of the molecule is Cc1ccc2c(c1N(C)C)CNC1=NC(=O)CN12. The highest BCUT2D eigenvalue weighted by Crippen LogP contribution is 2.35. The molecule has 2 aliphatic heterocycles. The molecule has 5 nitrogen and oxygen atoms in total. The van der Waals surface area contributed by atoms with Crippen LogP contribution in [0.4, 0.5) is 11.4 Å². The Labute approximate surface area is 106 Å². The van der Waals surface area contributed by atoms with Crippen molar-refractivity contribution in [2.45, 2.75) is 13.5 Å². The van der Waals surface area contributed by atoms with Crippen LogP contribution in [0, 0.1) is 6.92 Å². The van der Waals surface area contributed by atoms with Crippen LogP contribution < -0.4 is 15.1 Å². The van der Waals surface area contributed by atoms with E-state index in [-0.39, 0.29) is 5.91 Å². The largest absolute Gasteiger partial charge is 0.377 e. The van der Waals surface area contributed by atoms with E-state index in [9.17, 15) is 4.79 Å². The molecule has 0 aromatic heterocycles. The summed E-state index contributed by atoms with van der Waals surface area (Å²) in [6, 6.07) is 4.17. The molecule has 0 aliphatic carbocycles. The summed E-state index contributed by atoms with van der Waals surface area (Å²) in [5.74, 6) is 0.596. The summed E-state index contributed by atoms with van der Waals surface area (Å²) in [5, 5.41) is 3.22.